The van der Waals surface area contributed by atoms with Gasteiger partial charge in [-0.05, 0) is 36.4 Å². The highest BCUT2D eigenvalue weighted by atomic mass is 35.5. The zero-order chi connectivity index (χ0) is 14.7. The molecule has 2 rings (SSSR count). The molecule has 7 heteroatoms. The van der Waals surface area contributed by atoms with E-state index >= 15 is 0 Å². The molecular weight excluding hydrogens is 282 g/mol. The van der Waals surface area contributed by atoms with Crippen LogP contribution in [0, 0.1) is 10.1 Å². The second-order valence-electron chi connectivity index (χ2n) is 4.00. The Morgan fingerprint density at radius 1 is 1.20 bits per heavy atom. The van der Waals surface area contributed by atoms with Crippen molar-refractivity contribution in [1.82, 2.24) is 0 Å². The molecular formula is C13H10ClN3O3. The fraction of sp³-hybridized carbons (Fsp3) is 0. The first-order chi connectivity index (χ1) is 9.47. The maximum Gasteiger partial charge on any atom is 0.288 e. The van der Waals surface area contributed by atoms with E-state index in [-0.39, 0.29) is 16.6 Å². The van der Waals surface area contributed by atoms with Crippen molar-refractivity contribution in [3.8, 4) is 0 Å². The van der Waals surface area contributed by atoms with E-state index in [4.69, 9.17) is 17.3 Å². The van der Waals surface area contributed by atoms with Crippen LogP contribution in [0.2, 0.25) is 5.02 Å². The molecule has 0 radical (unpaired) electrons. The number of nitrogens with zero attached hydrogens (tertiary/aromatic N) is 1. The standard InChI is InChI=1S/C13H10ClN3O3/c14-11-7-10(5-6-12(11)17(19)20)16-13(18)8-1-3-9(15)4-2-8/h1-7H,15H2,(H,16,18). The zero-order valence-electron chi connectivity index (χ0n) is 10.2. The van der Waals surface area contributed by atoms with Crippen LogP contribution in [0.3, 0.4) is 0 Å². The van der Waals surface area contributed by atoms with Crippen LogP contribution < -0.4 is 11.1 Å². The number of hydrogen-bond acceptors (Lipinski definition) is 4. The molecule has 102 valence electrons. The third-order valence-electron chi connectivity index (χ3n) is 2.58. The quantitative estimate of drug-likeness (QED) is 0.516. The Labute approximate surface area is 119 Å². The number of nitro groups is 1. The molecule has 0 atom stereocenters. The Balaban J connectivity index is 2.18. The summed E-state index contributed by atoms with van der Waals surface area (Å²) in [7, 11) is 0. The highest BCUT2D eigenvalue weighted by Gasteiger charge is 2.13. The largest absolute Gasteiger partial charge is 0.399 e. The molecule has 0 aliphatic heterocycles. The van der Waals surface area contributed by atoms with E-state index in [9.17, 15) is 14.9 Å². The van der Waals surface area contributed by atoms with E-state index < -0.39 is 4.92 Å². The Hall–Kier alpha value is -2.60. The number of carbonyl (C=O) groups excluding carboxylic acids is 1. The van der Waals surface area contributed by atoms with Crippen LogP contribution in [0.5, 0.6) is 0 Å². The SMILES string of the molecule is Nc1ccc(C(=O)Nc2ccc([N+](=O)[O-])c(Cl)c2)cc1. The van der Waals surface area contributed by atoms with Crippen LogP contribution in [0.25, 0.3) is 0 Å². The molecule has 6 nitrogen and oxygen atoms in total. The highest BCUT2D eigenvalue weighted by Crippen LogP contribution is 2.27. The van der Waals surface area contributed by atoms with Gasteiger partial charge in [-0.2, -0.15) is 0 Å². The first-order valence-electron chi connectivity index (χ1n) is 5.58. The Kier molecular flexibility index (Phi) is 3.86. The van der Waals surface area contributed by atoms with Crippen LogP contribution in [-0.4, -0.2) is 10.8 Å². The minimum Gasteiger partial charge on any atom is -0.399 e. The lowest BCUT2D eigenvalue weighted by Crippen LogP contribution is -2.11. The van der Waals surface area contributed by atoms with Crippen LogP contribution in [0.4, 0.5) is 17.1 Å². The molecule has 0 unspecified atom stereocenters. The molecule has 0 saturated carbocycles. The maximum atomic E-state index is 11.9. The molecule has 20 heavy (non-hydrogen) atoms. The van der Waals surface area contributed by atoms with Crippen molar-refractivity contribution in [3.05, 3.63) is 63.2 Å². The number of nitrogens with one attached hydrogen (secondary N) is 1. The number of benzene rings is 2. The summed E-state index contributed by atoms with van der Waals surface area (Å²) in [6, 6.07) is 10.4. The van der Waals surface area contributed by atoms with Gasteiger partial charge in [0.1, 0.15) is 5.02 Å². The van der Waals surface area contributed by atoms with Gasteiger partial charge in [-0.1, -0.05) is 11.6 Å². The van der Waals surface area contributed by atoms with E-state index in [1.165, 1.54) is 18.2 Å². The molecule has 0 bridgehead atoms. The summed E-state index contributed by atoms with van der Waals surface area (Å²) in [5.74, 6) is -0.352. The number of hydrogen-bond donors (Lipinski definition) is 2. The summed E-state index contributed by atoms with van der Waals surface area (Å²) >= 11 is 5.77. The average Bonchev–Trinajstić information content (AvgIpc) is 2.39. The Morgan fingerprint density at radius 3 is 2.40 bits per heavy atom. The molecule has 2 aromatic rings. The summed E-state index contributed by atoms with van der Waals surface area (Å²) < 4.78 is 0. The van der Waals surface area contributed by atoms with Crippen LogP contribution in [-0.2, 0) is 0 Å². The summed E-state index contributed by atoms with van der Waals surface area (Å²) in [5, 5.41) is 13.2. The van der Waals surface area contributed by atoms with Crippen LogP contribution in [0.15, 0.2) is 42.5 Å². The molecule has 1 amide bonds. The number of nitrogen functional groups attached to an aromatic ring is 1. The van der Waals surface area contributed by atoms with Gasteiger partial charge < -0.3 is 11.1 Å². The van der Waals surface area contributed by atoms with Gasteiger partial charge in [0.05, 0.1) is 4.92 Å². The number of amides is 1. The normalized spacial score (nSPS) is 10.1. The van der Waals surface area contributed by atoms with Gasteiger partial charge in [-0.3, -0.25) is 14.9 Å². The van der Waals surface area contributed by atoms with Gasteiger partial charge in [0.2, 0.25) is 0 Å². The Morgan fingerprint density at radius 2 is 1.85 bits per heavy atom. The number of rotatable bonds is 3. The summed E-state index contributed by atoms with van der Waals surface area (Å²) in [6.45, 7) is 0. The number of carbonyl (C=O) groups is 1. The number of nitro benzene ring substituents is 1. The first-order valence-corrected chi connectivity index (χ1v) is 5.96. The minimum atomic E-state index is -0.589. The van der Waals surface area contributed by atoms with Crippen molar-refractivity contribution in [2.45, 2.75) is 0 Å². The zero-order valence-corrected chi connectivity index (χ0v) is 10.9. The van der Waals surface area contributed by atoms with Gasteiger partial charge in [-0.25, -0.2) is 0 Å². The summed E-state index contributed by atoms with van der Waals surface area (Å²) in [4.78, 5) is 22.0. The fourth-order valence-corrected chi connectivity index (χ4v) is 1.82. The summed E-state index contributed by atoms with van der Waals surface area (Å²) in [6.07, 6.45) is 0. The maximum absolute atomic E-state index is 11.9. The topological polar surface area (TPSA) is 98.3 Å². The third-order valence-corrected chi connectivity index (χ3v) is 2.88. The van der Waals surface area contributed by atoms with Crippen molar-refractivity contribution in [2.24, 2.45) is 0 Å². The predicted octanol–water partition coefficient (Wildman–Crippen LogP) is 3.08. The van der Waals surface area contributed by atoms with Gasteiger partial charge >= 0.3 is 0 Å². The average molecular weight is 292 g/mol. The van der Waals surface area contributed by atoms with E-state index in [1.807, 2.05) is 0 Å². The van der Waals surface area contributed by atoms with Crippen molar-refractivity contribution in [3.63, 3.8) is 0 Å². The molecule has 0 aliphatic carbocycles. The van der Waals surface area contributed by atoms with Crippen molar-refractivity contribution >= 4 is 34.6 Å². The van der Waals surface area contributed by atoms with Crippen molar-refractivity contribution < 1.29 is 9.72 Å². The van der Waals surface area contributed by atoms with Gasteiger partial charge in [-0.15, -0.1) is 0 Å². The molecule has 3 N–H and O–H groups in total. The second kappa shape index (κ2) is 5.58. The molecule has 0 spiro atoms. The fourth-order valence-electron chi connectivity index (χ4n) is 1.57. The first kappa shape index (κ1) is 13.8. The predicted molar refractivity (Wildman–Crippen MR) is 76.9 cm³/mol. The van der Waals surface area contributed by atoms with Crippen LogP contribution in [0.1, 0.15) is 10.4 Å². The smallest absolute Gasteiger partial charge is 0.288 e. The lowest BCUT2D eigenvalue weighted by atomic mass is 10.2. The van der Waals surface area contributed by atoms with E-state index in [0.717, 1.165) is 0 Å². The van der Waals surface area contributed by atoms with Gasteiger partial charge in [0.25, 0.3) is 11.6 Å². The molecule has 0 heterocycles. The van der Waals surface area contributed by atoms with Gasteiger partial charge in [0.15, 0.2) is 0 Å². The lowest BCUT2D eigenvalue weighted by molar-refractivity contribution is -0.384. The van der Waals surface area contributed by atoms with E-state index in [1.54, 1.807) is 24.3 Å². The number of anilines is 2. The lowest BCUT2D eigenvalue weighted by Gasteiger charge is -2.06. The minimum absolute atomic E-state index is 0.0369. The van der Waals surface area contributed by atoms with E-state index in [0.29, 0.717) is 16.9 Å². The molecule has 0 saturated heterocycles. The Bertz CT molecular complexity index is 671. The molecule has 0 fully saturated rings. The van der Waals surface area contributed by atoms with Gasteiger partial charge in [0, 0.05) is 23.0 Å². The monoisotopic (exact) mass is 291 g/mol. The molecule has 0 aliphatic rings. The third kappa shape index (κ3) is 3.04. The van der Waals surface area contributed by atoms with E-state index in [2.05, 4.69) is 5.32 Å². The van der Waals surface area contributed by atoms with Crippen molar-refractivity contribution in [1.29, 1.82) is 0 Å². The van der Waals surface area contributed by atoms with Crippen LogP contribution >= 0.6 is 11.6 Å². The number of nitrogens with two attached hydrogens (primary N) is 1. The highest BCUT2D eigenvalue weighted by molar-refractivity contribution is 6.33. The molecule has 0 aromatic heterocycles. The summed E-state index contributed by atoms with van der Waals surface area (Å²) in [5.41, 5.74) is 6.68. The second-order valence-corrected chi connectivity index (χ2v) is 4.41. The number of halogens is 1. The molecule has 2 aromatic carbocycles. The van der Waals surface area contributed by atoms with Crippen molar-refractivity contribution in [2.75, 3.05) is 11.1 Å².